The fourth-order valence-electron chi connectivity index (χ4n) is 2.04. The summed E-state index contributed by atoms with van der Waals surface area (Å²) in [5.41, 5.74) is 6.41. The molecule has 0 radical (unpaired) electrons. The number of hydrazine groups is 1. The molecule has 6 nitrogen and oxygen atoms in total. The fraction of sp³-hybridized carbons (Fsp3) is 0.158. The van der Waals surface area contributed by atoms with Crippen LogP contribution in [-0.4, -0.2) is 25.5 Å². The van der Waals surface area contributed by atoms with Gasteiger partial charge in [-0.15, -0.1) is 0 Å². The maximum atomic E-state index is 11.8. The van der Waals surface area contributed by atoms with E-state index in [9.17, 15) is 9.59 Å². The van der Waals surface area contributed by atoms with Crippen LogP contribution in [0.4, 0.5) is 0 Å². The Bertz CT molecular complexity index is 821. The van der Waals surface area contributed by atoms with Crippen molar-refractivity contribution in [3.63, 3.8) is 0 Å². The summed E-state index contributed by atoms with van der Waals surface area (Å²) in [6, 6.07) is 12.8. The summed E-state index contributed by atoms with van der Waals surface area (Å²) in [6.07, 6.45) is 2.90. The average Bonchev–Trinajstić information content (AvgIpc) is 2.64. The van der Waals surface area contributed by atoms with E-state index < -0.39 is 11.8 Å². The van der Waals surface area contributed by atoms with Gasteiger partial charge in [-0.2, -0.15) is 0 Å². The molecule has 2 N–H and O–H groups in total. The number of halogens is 1. The Balaban J connectivity index is 1.79. The lowest BCUT2D eigenvalue weighted by Gasteiger charge is -2.09. The molecular formula is C19H19BrN2O4. The highest BCUT2D eigenvalue weighted by atomic mass is 79.9. The quantitative estimate of drug-likeness (QED) is 0.558. The second kappa shape index (κ2) is 9.62. The Labute approximate surface area is 160 Å². The van der Waals surface area contributed by atoms with Gasteiger partial charge in [0.15, 0.2) is 6.61 Å². The molecular weight excluding hydrogens is 400 g/mol. The van der Waals surface area contributed by atoms with E-state index in [1.807, 2.05) is 37.3 Å². The third-order valence-electron chi connectivity index (χ3n) is 3.32. The highest BCUT2D eigenvalue weighted by Gasteiger charge is 2.06. The Morgan fingerprint density at radius 2 is 1.88 bits per heavy atom. The summed E-state index contributed by atoms with van der Waals surface area (Å²) >= 11 is 3.37. The summed E-state index contributed by atoms with van der Waals surface area (Å²) in [6.45, 7) is 1.73. The number of methoxy groups -OCH3 is 1. The molecule has 2 rings (SSSR count). The zero-order valence-electron chi connectivity index (χ0n) is 14.4. The summed E-state index contributed by atoms with van der Waals surface area (Å²) in [5.74, 6) is 0.253. The number of rotatable bonds is 6. The van der Waals surface area contributed by atoms with Gasteiger partial charge < -0.3 is 9.47 Å². The SMILES string of the molecule is COc1ccccc1/C=C/C(=O)NNC(=O)COc1ccc(C)cc1Br. The van der Waals surface area contributed by atoms with E-state index in [0.717, 1.165) is 15.6 Å². The number of carbonyl (C=O) groups excluding carboxylic acids is 2. The number of benzene rings is 2. The zero-order chi connectivity index (χ0) is 18.9. The Morgan fingerprint density at radius 3 is 2.62 bits per heavy atom. The van der Waals surface area contributed by atoms with Crippen LogP contribution in [0.5, 0.6) is 11.5 Å². The summed E-state index contributed by atoms with van der Waals surface area (Å²) in [4.78, 5) is 23.5. The third kappa shape index (κ3) is 5.93. The molecule has 0 aliphatic rings. The fourth-order valence-corrected chi connectivity index (χ4v) is 2.65. The number of hydrogen-bond donors (Lipinski definition) is 2. The highest BCUT2D eigenvalue weighted by molar-refractivity contribution is 9.10. The normalized spacial score (nSPS) is 10.4. The van der Waals surface area contributed by atoms with E-state index in [1.165, 1.54) is 6.08 Å². The van der Waals surface area contributed by atoms with Gasteiger partial charge in [-0.3, -0.25) is 20.4 Å². The average molecular weight is 419 g/mol. The smallest absolute Gasteiger partial charge is 0.276 e. The molecule has 7 heteroatoms. The first-order valence-corrected chi connectivity index (χ1v) is 8.58. The maximum absolute atomic E-state index is 11.8. The van der Waals surface area contributed by atoms with Gasteiger partial charge in [0, 0.05) is 11.6 Å². The molecule has 0 fully saturated rings. The van der Waals surface area contributed by atoms with E-state index in [-0.39, 0.29) is 6.61 Å². The van der Waals surface area contributed by atoms with Crippen molar-refractivity contribution in [1.29, 1.82) is 0 Å². The topological polar surface area (TPSA) is 76.7 Å². The monoisotopic (exact) mass is 418 g/mol. The van der Waals surface area contributed by atoms with Gasteiger partial charge >= 0.3 is 0 Å². The van der Waals surface area contributed by atoms with Crippen LogP contribution in [0.25, 0.3) is 6.08 Å². The number of carbonyl (C=O) groups is 2. The van der Waals surface area contributed by atoms with Gasteiger partial charge in [0.25, 0.3) is 11.8 Å². The van der Waals surface area contributed by atoms with Crippen LogP contribution in [0.2, 0.25) is 0 Å². The molecule has 0 aromatic heterocycles. The Morgan fingerprint density at radius 1 is 1.12 bits per heavy atom. The predicted octanol–water partition coefficient (Wildman–Crippen LogP) is 3.01. The number of hydrogen-bond acceptors (Lipinski definition) is 4. The van der Waals surface area contributed by atoms with Crippen molar-refractivity contribution in [2.75, 3.05) is 13.7 Å². The van der Waals surface area contributed by atoms with Gasteiger partial charge in [0.05, 0.1) is 11.6 Å². The molecule has 0 atom stereocenters. The number of aryl methyl sites for hydroxylation is 1. The first-order chi connectivity index (χ1) is 12.5. The number of ether oxygens (including phenoxy) is 2. The number of para-hydroxylation sites is 1. The number of nitrogens with one attached hydrogen (secondary N) is 2. The standard InChI is InChI=1S/C19H19BrN2O4/c1-13-7-9-17(15(20)11-13)26-12-19(24)22-21-18(23)10-8-14-5-3-4-6-16(14)25-2/h3-11H,12H2,1-2H3,(H,21,23)(H,22,24)/b10-8+. The molecule has 0 aliphatic carbocycles. The molecule has 0 unspecified atom stereocenters. The van der Waals surface area contributed by atoms with Gasteiger partial charge in [0.2, 0.25) is 0 Å². The van der Waals surface area contributed by atoms with Crippen molar-refractivity contribution in [1.82, 2.24) is 10.9 Å². The van der Waals surface area contributed by atoms with Crippen LogP contribution in [0.1, 0.15) is 11.1 Å². The molecule has 2 aromatic rings. The van der Waals surface area contributed by atoms with Crippen LogP contribution in [0.3, 0.4) is 0 Å². The van der Waals surface area contributed by atoms with E-state index in [1.54, 1.807) is 25.3 Å². The van der Waals surface area contributed by atoms with E-state index in [0.29, 0.717) is 11.5 Å². The third-order valence-corrected chi connectivity index (χ3v) is 3.94. The van der Waals surface area contributed by atoms with E-state index in [4.69, 9.17) is 9.47 Å². The van der Waals surface area contributed by atoms with Crippen LogP contribution >= 0.6 is 15.9 Å². The molecule has 2 amide bonds. The lowest BCUT2D eigenvalue weighted by Crippen LogP contribution is -2.43. The molecule has 0 heterocycles. The Kier molecular flexibility index (Phi) is 7.23. The van der Waals surface area contributed by atoms with E-state index in [2.05, 4.69) is 26.8 Å². The van der Waals surface area contributed by atoms with Crippen molar-refractivity contribution in [3.05, 3.63) is 64.1 Å². The van der Waals surface area contributed by atoms with Crippen molar-refractivity contribution >= 4 is 33.8 Å². The minimum atomic E-state index is -0.475. The molecule has 136 valence electrons. The minimum Gasteiger partial charge on any atom is -0.496 e. The summed E-state index contributed by atoms with van der Waals surface area (Å²) in [7, 11) is 1.55. The van der Waals surface area contributed by atoms with Crippen LogP contribution in [-0.2, 0) is 9.59 Å². The van der Waals surface area contributed by atoms with Crippen molar-refractivity contribution in [3.8, 4) is 11.5 Å². The highest BCUT2D eigenvalue weighted by Crippen LogP contribution is 2.25. The lowest BCUT2D eigenvalue weighted by atomic mass is 10.2. The van der Waals surface area contributed by atoms with Gasteiger partial charge in [0.1, 0.15) is 11.5 Å². The maximum Gasteiger partial charge on any atom is 0.276 e. The molecule has 0 bridgehead atoms. The number of amides is 2. The molecule has 0 saturated heterocycles. The van der Waals surface area contributed by atoms with Gasteiger partial charge in [-0.25, -0.2) is 0 Å². The molecule has 0 saturated carbocycles. The van der Waals surface area contributed by atoms with Crippen LogP contribution < -0.4 is 20.3 Å². The molecule has 0 aliphatic heterocycles. The van der Waals surface area contributed by atoms with Gasteiger partial charge in [-0.05, 0) is 52.7 Å². The van der Waals surface area contributed by atoms with Crippen LogP contribution in [0.15, 0.2) is 53.0 Å². The predicted molar refractivity (Wildman–Crippen MR) is 103 cm³/mol. The van der Waals surface area contributed by atoms with Crippen molar-refractivity contribution in [2.45, 2.75) is 6.92 Å². The first-order valence-electron chi connectivity index (χ1n) is 7.78. The minimum absolute atomic E-state index is 0.224. The van der Waals surface area contributed by atoms with Crippen molar-refractivity contribution in [2.24, 2.45) is 0 Å². The van der Waals surface area contributed by atoms with Crippen molar-refractivity contribution < 1.29 is 19.1 Å². The first kappa shape index (κ1) is 19.5. The summed E-state index contributed by atoms with van der Waals surface area (Å²) in [5, 5.41) is 0. The van der Waals surface area contributed by atoms with Gasteiger partial charge in [-0.1, -0.05) is 24.3 Å². The largest absolute Gasteiger partial charge is 0.496 e. The Hall–Kier alpha value is -2.80. The lowest BCUT2D eigenvalue weighted by molar-refractivity contribution is -0.128. The second-order valence-electron chi connectivity index (χ2n) is 5.34. The zero-order valence-corrected chi connectivity index (χ0v) is 16.0. The van der Waals surface area contributed by atoms with E-state index >= 15 is 0 Å². The molecule has 0 spiro atoms. The summed E-state index contributed by atoms with van der Waals surface area (Å²) < 4.78 is 11.4. The second-order valence-corrected chi connectivity index (χ2v) is 6.19. The molecule has 2 aromatic carbocycles. The van der Waals surface area contributed by atoms with Crippen LogP contribution in [0, 0.1) is 6.92 Å². The molecule has 26 heavy (non-hydrogen) atoms.